The third-order valence-electron chi connectivity index (χ3n) is 1.57. The van der Waals surface area contributed by atoms with Gasteiger partial charge in [-0.25, -0.2) is 0 Å². The van der Waals surface area contributed by atoms with Crippen molar-refractivity contribution in [1.82, 2.24) is 4.90 Å². The van der Waals surface area contributed by atoms with Crippen LogP contribution in [0.5, 0.6) is 0 Å². The third-order valence-corrected chi connectivity index (χ3v) is 3.02. The molecule has 0 heterocycles. The van der Waals surface area contributed by atoms with E-state index in [2.05, 4.69) is 30.6 Å². The highest BCUT2D eigenvalue weighted by molar-refractivity contribution is 6.76. The molecule has 0 rings (SSSR count). The summed E-state index contributed by atoms with van der Waals surface area (Å²) in [6.45, 7) is 8.88. The third kappa shape index (κ3) is 4.99. The van der Waals surface area contributed by atoms with E-state index in [4.69, 9.17) is 5.26 Å². The minimum Gasteiger partial charge on any atom is -0.294 e. The number of hydrogen-bond donors (Lipinski definition) is 0. The molecule has 1 atom stereocenters. The van der Waals surface area contributed by atoms with Gasteiger partial charge in [-0.1, -0.05) is 19.6 Å². The van der Waals surface area contributed by atoms with E-state index in [9.17, 15) is 0 Å². The zero-order valence-electron chi connectivity index (χ0n) is 8.18. The number of nitrogens with zero attached hydrogens (tertiary/aromatic N) is 2. The van der Waals surface area contributed by atoms with Crippen molar-refractivity contribution in [3.8, 4) is 6.07 Å². The van der Waals surface area contributed by atoms with Crippen LogP contribution in [0.1, 0.15) is 6.92 Å². The molecule has 0 amide bonds. The average molecular weight is 170 g/mol. The maximum atomic E-state index is 8.63. The first kappa shape index (κ1) is 10.7. The summed E-state index contributed by atoms with van der Waals surface area (Å²) >= 11 is 0. The lowest BCUT2D eigenvalue weighted by Crippen LogP contribution is -2.41. The molecule has 0 radical (unpaired) electrons. The normalized spacial score (nSPS) is 14.6. The topological polar surface area (TPSA) is 27.0 Å². The van der Waals surface area contributed by atoms with Crippen molar-refractivity contribution in [2.45, 2.75) is 32.6 Å². The maximum Gasteiger partial charge on any atom is 0.0944 e. The van der Waals surface area contributed by atoms with Gasteiger partial charge in [-0.15, -0.1) is 0 Å². The molecule has 0 saturated carbocycles. The summed E-state index contributed by atoms with van der Waals surface area (Å²) in [6.07, 6.45) is 1.10. The van der Waals surface area contributed by atoms with Crippen molar-refractivity contribution in [2.24, 2.45) is 0 Å². The van der Waals surface area contributed by atoms with E-state index >= 15 is 0 Å². The van der Waals surface area contributed by atoms with Crippen LogP contribution in [-0.2, 0) is 0 Å². The molecule has 0 aliphatic rings. The smallest absolute Gasteiger partial charge is 0.0944 e. The first-order chi connectivity index (χ1) is 4.87. The van der Waals surface area contributed by atoms with Gasteiger partial charge in [0.15, 0.2) is 0 Å². The molecule has 11 heavy (non-hydrogen) atoms. The van der Waals surface area contributed by atoms with Gasteiger partial charge in [0.2, 0.25) is 0 Å². The molecule has 0 bridgehead atoms. The van der Waals surface area contributed by atoms with Crippen LogP contribution >= 0.6 is 0 Å². The summed E-state index contributed by atoms with van der Waals surface area (Å²) in [7, 11) is 0.995. The molecule has 0 aliphatic carbocycles. The molecule has 0 saturated heterocycles. The van der Waals surface area contributed by atoms with E-state index in [1.165, 1.54) is 0 Å². The van der Waals surface area contributed by atoms with Gasteiger partial charge in [0.05, 0.1) is 20.2 Å². The molecule has 0 spiro atoms. The van der Waals surface area contributed by atoms with Crippen LogP contribution in [0, 0.1) is 11.3 Å². The summed E-state index contributed by atoms with van der Waals surface area (Å²) in [4.78, 5) is 2.13. The van der Waals surface area contributed by atoms with Gasteiger partial charge >= 0.3 is 0 Å². The highest BCUT2D eigenvalue weighted by atomic mass is 28.3. The Morgan fingerprint density at radius 2 is 1.91 bits per heavy atom. The summed E-state index contributed by atoms with van der Waals surface area (Å²) in [5.41, 5.74) is 0. The number of rotatable bonds is 3. The van der Waals surface area contributed by atoms with Crippen molar-refractivity contribution in [1.29, 1.82) is 5.26 Å². The fraction of sp³-hybridized carbons (Fsp3) is 0.875. The highest BCUT2D eigenvalue weighted by Crippen LogP contribution is 2.04. The van der Waals surface area contributed by atoms with Gasteiger partial charge in [-0.05, 0) is 20.1 Å². The van der Waals surface area contributed by atoms with Gasteiger partial charge in [0, 0.05) is 0 Å². The zero-order valence-corrected chi connectivity index (χ0v) is 9.18. The largest absolute Gasteiger partial charge is 0.294 e. The second-order valence-electron chi connectivity index (χ2n) is 4.28. The maximum absolute atomic E-state index is 8.63. The molecular formula is C8H18N2Si. The van der Waals surface area contributed by atoms with E-state index in [-0.39, 0.29) is 6.04 Å². The lowest BCUT2D eigenvalue weighted by Gasteiger charge is -2.26. The van der Waals surface area contributed by atoms with Crippen LogP contribution in [0.4, 0.5) is 0 Å². The van der Waals surface area contributed by atoms with Gasteiger partial charge in [0.25, 0.3) is 0 Å². The van der Waals surface area contributed by atoms with Crippen molar-refractivity contribution in [3.63, 3.8) is 0 Å². The number of hydrogen-bond acceptors (Lipinski definition) is 2. The molecule has 0 N–H and O–H groups in total. The molecule has 3 heteroatoms. The van der Waals surface area contributed by atoms with E-state index in [1.807, 2.05) is 14.0 Å². The first-order valence-electron chi connectivity index (χ1n) is 3.96. The Morgan fingerprint density at radius 3 is 2.18 bits per heavy atom. The van der Waals surface area contributed by atoms with Gasteiger partial charge in [-0.2, -0.15) is 5.26 Å². The van der Waals surface area contributed by atoms with Crippen LogP contribution in [0.2, 0.25) is 19.6 Å². The van der Waals surface area contributed by atoms with Crippen LogP contribution < -0.4 is 0 Å². The monoisotopic (exact) mass is 170 g/mol. The van der Waals surface area contributed by atoms with E-state index in [0.717, 1.165) is 6.17 Å². The first-order valence-corrected chi connectivity index (χ1v) is 7.67. The fourth-order valence-electron chi connectivity index (χ4n) is 0.984. The Kier molecular flexibility index (Phi) is 3.77. The molecule has 2 nitrogen and oxygen atoms in total. The highest BCUT2D eigenvalue weighted by Gasteiger charge is 2.18. The Hall–Kier alpha value is -0.333. The lowest BCUT2D eigenvalue weighted by atomic mass is 10.4. The lowest BCUT2D eigenvalue weighted by molar-refractivity contribution is 0.346. The van der Waals surface area contributed by atoms with Crippen LogP contribution in [0.3, 0.4) is 0 Å². The molecular weight excluding hydrogens is 152 g/mol. The molecule has 64 valence electrons. The quantitative estimate of drug-likeness (QED) is 0.603. The second kappa shape index (κ2) is 3.89. The molecule has 0 aromatic heterocycles. The van der Waals surface area contributed by atoms with E-state index in [0.29, 0.717) is 0 Å². The van der Waals surface area contributed by atoms with Crippen LogP contribution in [0.15, 0.2) is 0 Å². The van der Waals surface area contributed by atoms with Crippen molar-refractivity contribution in [3.05, 3.63) is 0 Å². The molecule has 1 unspecified atom stereocenters. The SMILES string of the molecule is CC(C#N)N(C)C[Si](C)(C)C. The minimum atomic E-state index is -1.02. The van der Waals surface area contributed by atoms with Crippen molar-refractivity contribution < 1.29 is 0 Å². The molecule has 0 aromatic carbocycles. The Bertz CT molecular complexity index is 154. The summed E-state index contributed by atoms with van der Waals surface area (Å²) < 4.78 is 0. The van der Waals surface area contributed by atoms with Gasteiger partial charge in [-0.3, -0.25) is 4.90 Å². The Morgan fingerprint density at radius 1 is 1.45 bits per heavy atom. The predicted octanol–water partition coefficient (Wildman–Crippen LogP) is 1.71. The zero-order chi connectivity index (χ0) is 9.07. The predicted molar refractivity (Wildman–Crippen MR) is 51.1 cm³/mol. The van der Waals surface area contributed by atoms with Crippen molar-refractivity contribution in [2.75, 3.05) is 13.2 Å². The van der Waals surface area contributed by atoms with Crippen molar-refractivity contribution >= 4 is 8.07 Å². The number of nitriles is 1. The summed E-state index contributed by atoms with van der Waals surface area (Å²) in [6, 6.07) is 2.29. The molecule has 0 fully saturated rings. The van der Waals surface area contributed by atoms with E-state index < -0.39 is 8.07 Å². The van der Waals surface area contributed by atoms with Crippen LogP contribution in [0.25, 0.3) is 0 Å². The molecule has 0 aliphatic heterocycles. The van der Waals surface area contributed by atoms with E-state index in [1.54, 1.807) is 0 Å². The second-order valence-corrected chi connectivity index (χ2v) is 9.72. The molecule has 0 aromatic rings. The summed E-state index contributed by atoms with van der Waals surface area (Å²) in [5, 5.41) is 8.63. The van der Waals surface area contributed by atoms with Gasteiger partial charge < -0.3 is 0 Å². The Balaban J connectivity index is 3.90. The minimum absolute atomic E-state index is 0.0572. The standard InChI is InChI=1S/C8H18N2Si/c1-8(6-9)10(2)7-11(3,4)5/h8H,7H2,1-5H3. The van der Waals surface area contributed by atoms with Crippen LogP contribution in [-0.4, -0.2) is 32.2 Å². The Labute approximate surface area is 70.8 Å². The summed E-state index contributed by atoms with van der Waals surface area (Å²) in [5.74, 6) is 0. The fourth-order valence-corrected chi connectivity index (χ4v) is 2.75. The van der Waals surface area contributed by atoms with Gasteiger partial charge in [0.1, 0.15) is 0 Å². The average Bonchev–Trinajstić information content (AvgIpc) is 1.82.